The van der Waals surface area contributed by atoms with E-state index in [-0.39, 0.29) is 16.0 Å². The van der Waals surface area contributed by atoms with Gasteiger partial charge in [0.2, 0.25) is 0 Å². The smallest absolute Gasteiger partial charge is 0.272 e. The van der Waals surface area contributed by atoms with Crippen molar-refractivity contribution < 1.29 is 9.66 Å². The minimum absolute atomic E-state index is 0.0780. The second kappa shape index (κ2) is 6.45. The van der Waals surface area contributed by atoms with Crippen LogP contribution < -0.4 is 4.74 Å². The van der Waals surface area contributed by atoms with E-state index in [2.05, 4.69) is 0 Å². The summed E-state index contributed by atoms with van der Waals surface area (Å²) in [5.74, 6) is 0.617. The first-order valence-corrected chi connectivity index (χ1v) is 5.97. The van der Waals surface area contributed by atoms with E-state index >= 15 is 0 Å². The van der Waals surface area contributed by atoms with Crippen molar-refractivity contribution in [2.24, 2.45) is 0 Å². The van der Waals surface area contributed by atoms with Gasteiger partial charge in [0.25, 0.3) is 5.69 Å². The van der Waals surface area contributed by atoms with Crippen LogP contribution >= 0.6 is 11.6 Å². The monoisotopic (exact) mass is 257 g/mol. The standard InChI is InChI=1S/C12H16ClNO3/c1-3-4-10(13)7-9-8-11(17-2)5-6-12(9)14(15)16/h5-6,8,10H,3-4,7H2,1-2H3. The average Bonchev–Trinajstić information content (AvgIpc) is 2.28. The van der Waals surface area contributed by atoms with E-state index in [1.807, 2.05) is 6.92 Å². The zero-order valence-electron chi connectivity index (χ0n) is 9.98. The molecule has 1 aromatic carbocycles. The van der Waals surface area contributed by atoms with Crippen LogP contribution in [0.25, 0.3) is 0 Å². The Morgan fingerprint density at radius 2 is 2.24 bits per heavy atom. The van der Waals surface area contributed by atoms with Crippen molar-refractivity contribution in [2.45, 2.75) is 31.6 Å². The SMILES string of the molecule is CCCC(Cl)Cc1cc(OC)ccc1[N+](=O)[O-]. The molecule has 0 N–H and O–H groups in total. The largest absolute Gasteiger partial charge is 0.497 e. The molecule has 0 aromatic heterocycles. The van der Waals surface area contributed by atoms with Crippen LogP contribution in [-0.4, -0.2) is 17.4 Å². The summed E-state index contributed by atoms with van der Waals surface area (Å²) in [5, 5.41) is 10.8. The average molecular weight is 258 g/mol. The number of ether oxygens (including phenoxy) is 1. The Labute approximate surface area is 106 Å². The van der Waals surface area contributed by atoms with E-state index in [1.165, 1.54) is 13.2 Å². The predicted octanol–water partition coefficient (Wildman–Crippen LogP) is 3.55. The van der Waals surface area contributed by atoms with E-state index in [1.54, 1.807) is 12.1 Å². The number of nitro benzene ring substituents is 1. The molecule has 1 unspecified atom stereocenters. The highest BCUT2D eigenvalue weighted by atomic mass is 35.5. The van der Waals surface area contributed by atoms with Crippen LogP contribution in [0.1, 0.15) is 25.3 Å². The number of hydrogen-bond donors (Lipinski definition) is 0. The second-order valence-corrected chi connectivity index (χ2v) is 4.46. The Kier molecular flexibility index (Phi) is 5.22. The predicted molar refractivity (Wildman–Crippen MR) is 67.9 cm³/mol. The van der Waals surface area contributed by atoms with Crippen molar-refractivity contribution in [1.82, 2.24) is 0 Å². The molecule has 1 aromatic rings. The van der Waals surface area contributed by atoms with Gasteiger partial charge >= 0.3 is 0 Å². The summed E-state index contributed by atoms with van der Waals surface area (Å²) in [6.45, 7) is 2.04. The fraction of sp³-hybridized carbons (Fsp3) is 0.500. The molecule has 0 bridgehead atoms. The number of benzene rings is 1. The minimum atomic E-state index is -0.385. The van der Waals surface area contributed by atoms with Crippen molar-refractivity contribution in [2.75, 3.05) is 7.11 Å². The number of hydrogen-bond acceptors (Lipinski definition) is 3. The van der Waals surface area contributed by atoms with Gasteiger partial charge in [-0.25, -0.2) is 0 Å². The van der Waals surface area contributed by atoms with Crippen LogP contribution in [0.3, 0.4) is 0 Å². The molecule has 0 aliphatic heterocycles. The fourth-order valence-corrected chi connectivity index (χ4v) is 2.07. The summed E-state index contributed by atoms with van der Waals surface area (Å²) in [6.07, 6.45) is 2.30. The van der Waals surface area contributed by atoms with Crippen LogP contribution in [0, 0.1) is 10.1 Å². The van der Waals surface area contributed by atoms with Gasteiger partial charge in [0.05, 0.1) is 12.0 Å². The molecule has 0 amide bonds. The first-order chi connectivity index (χ1) is 8.08. The number of methoxy groups -OCH3 is 1. The van der Waals surface area contributed by atoms with Crippen molar-refractivity contribution in [3.8, 4) is 5.75 Å². The Morgan fingerprint density at radius 1 is 1.53 bits per heavy atom. The zero-order valence-corrected chi connectivity index (χ0v) is 10.7. The van der Waals surface area contributed by atoms with E-state index < -0.39 is 0 Å². The van der Waals surface area contributed by atoms with Gasteiger partial charge in [-0.1, -0.05) is 13.3 Å². The number of nitrogens with zero attached hydrogens (tertiary/aromatic N) is 1. The van der Waals surface area contributed by atoms with E-state index in [4.69, 9.17) is 16.3 Å². The van der Waals surface area contributed by atoms with Gasteiger partial charge in [0.15, 0.2) is 0 Å². The van der Waals surface area contributed by atoms with Crippen LogP contribution in [0.5, 0.6) is 5.75 Å². The summed E-state index contributed by atoms with van der Waals surface area (Å²) in [5.41, 5.74) is 0.732. The van der Waals surface area contributed by atoms with Gasteiger partial charge in [-0.15, -0.1) is 11.6 Å². The lowest BCUT2D eigenvalue weighted by atomic mass is 10.0. The minimum Gasteiger partial charge on any atom is -0.497 e. The third-order valence-corrected chi connectivity index (χ3v) is 2.90. The molecule has 5 heteroatoms. The van der Waals surface area contributed by atoms with Gasteiger partial charge in [0.1, 0.15) is 5.75 Å². The summed E-state index contributed by atoms with van der Waals surface area (Å²) >= 11 is 6.12. The van der Waals surface area contributed by atoms with Gasteiger partial charge in [-0.05, 0) is 25.0 Å². The molecule has 0 spiro atoms. The highest BCUT2D eigenvalue weighted by Crippen LogP contribution is 2.27. The van der Waals surface area contributed by atoms with Gasteiger partial charge < -0.3 is 4.74 Å². The lowest BCUT2D eigenvalue weighted by Gasteiger charge is -2.09. The van der Waals surface area contributed by atoms with Crippen molar-refractivity contribution in [3.63, 3.8) is 0 Å². The van der Waals surface area contributed by atoms with Crippen molar-refractivity contribution in [1.29, 1.82) is 0 Å². The molecule has 0 radical (unpaired) electrons. The van der Waals surface area contributed by atoms with Crippen molar-refractivity contribution >= 4 is 17.3 Å². The fourth-order valence-electron chi connectivity index (χ4n) is 1.68. The number of nitro groups is 1. The first-order valence-electron chi connectivity index (χ1n) is 5.53. The molecular formula is C12H16ClNO3. The van der Waals surface area contributed by atoms with Gasteiger partial charge in [-0.2, -0.15) is 0 Å². The number of halogens is 1. The summed E-state index contributed by atoms with van der Waals surface area (Å²) in [6, 6.07) is 4.73. The molecule has 94 valence electrons. The lowest BCUT2D eigenvalue weighted by Crippen LogP contribution is -2.05. The maximum Gasteiger partial charge on any atom is 0.272 e. The molecule has 0 saturated heterocycles. The Hall–Kier alpha value is -1.29. The highest BCUT2D eigenvalue weighted by Gasteiger charge is 2.17. The topological polar surface area (TPSA) is 52.4 Å². The molecule has 17 heavy (non-hydrogen) atoms. The third kappa shape index (κ3) is 3.89. The Balaban J connectivity index is 2.96. The van der Waals surface area contributed by atoms with E-state index in [0.29, 0.717) is 17.7 Å². The molecule has 0 aliphatic rings. The lowest BCUT2D eigenvalue weighted by molar-refractivity contribution is -0.385. The number of alkyl halides is 1. The van der Waals surface area contributed by atoms with Crippen LogP contribution in [0.15, 0.2) is 18.2 Å². The molecule has 1 rings (SSSR count). The van der Waals surface area contributed by atoms with Crippen LogP contribution in [-0.2, 0) is 6.42 Å². The molecule has 4 nitrogen and oxygen atoms in total. The van der Waals surface area contributed by atoms with Crippen molar-refractivity contribution in [3.05, 3.63) is 33.9 Å². The van der Waals surface area contributed by atoms with Crippen LogP contribution in [0.2, 0.25) is 0 Å². The summed E-state index contributed by atoms with van der Waals surface area (Å²) in [4.78, 5) is 10.5. The molecule has 0 heterocycles. The molecule has 0 saturated carbocycles. The van der Waals surface area contributed by atoms with E-state index in [9.17, 15) is 10.1 Å². The quantitative estimate of drug-likeness (QED) is 0.445. The second-order valence-electron chi connectivity index (χ2n) is 3.84. The highest BCUT2D eigenvalue weighted by molar-refractivity contribution is 6.20. The van der Waals surface area contributed by atoms with Gasteiger partial charge in [-0.3, -0.25) is 10.1 Å². The maximum atomic E-state index is 10.9. The van der Waals surface area contributed by atoms with Crippen LogP contribution in [0.4, 0.5) is 5.69 Å². The molecule has 0 aliphatic carbocycles. The third-order valence-electron chi connectivity index (χ3n) is 2.53. The zero-order chi connectivity index (χ0) is 12.8. The normalized spacial score (nSPS) is 12.2. The molecular weight excluding hydrogens is 242 g/mol. The first kappa shape index (κ1) is 13.8. The van der Waals surface area contributed by atoms with Gasteiger partial charge in [0, 0.05) is 17.0 Å². The Morgan fingerprint density at radius 3 is 2.76 bits per heavy atom. The Bertz CT molecular complexity index is 395. The molecule has 1 atom stereocenters. The summed E-state index contributed by atoms with van der Waals surface area (Å²) in [7, 11) is 1.54. The molecule has 0 fully saturated rings. The maximum absolute atomic E-state index is 10.9. The number of rotatable bonds is 6. The summed E-state index contributed by atoms with van der Waals surface area (Å²) < 4.78 is 5.07. The van der Waals surface area contributed by atoms with E-state index in [0.717, 1.165) is 12.8 Å².